The Balaban J connectivity index is 2.41. The van der Waals surface area contributed by atoms with Gasteiger partial charge in [-0.2, -0.15) is 9.98 Å². The Kier molecular flexibility index (Phi) is 1.61. The van der Waals surface area contributed by atoms with E-state index in [1.54, 1.807) is 0 Å². The van der Waals surface area contributed by atoms with Gasteiger partial charge in [0.25, 0.3) is 0 Å². The SMILES string of the molecule is CN(C)C1=NC(N)=NC2=NC=NC21. The maximum Gasteiger partial charge on any atom is 0.223 e. The molecule has 0 bridgehead atoms. The first-order chi connectivity index (χ1) is 6.18. The second-order valence-electron chi connectivity index (χ2n) is 2.99. The monoisotopic (exact) mass is 178 g/mol. The van der Waals surface area contributed by atoms with Gasteiger partial charge in [-0.15, -0.1) is 0 Å². The Labute approximate surface area is 75.6 Å². The lowest BCUT2D eigenvalue weighted by Gasteiger charge is -2.21. The lowest BCUT2D eigenvalue weighted by atomic mass is 10.2. The van der Waals surface area contributed by atoms with Gasteiger partial charge in [-0.3, -0.25) is 4.99 Å². The summed E-state index contributed by atoms with van der Waals surface area (Å²) in [6, 6.07) is -0.165. The maximum atomic E-state index is 5.52. The minimum absolute atomic E-state index is 0.165. The molecule has 0 amide bonds. The van der Waals surface area contributed by atoms with Gasteiger partial charge in [0.1, 0.15) is 12.2 Å². The van der Waals surface area contributed by atoms with Gasteiger partial charge in [-0.05, 0) is 0 Å². The summed E-state index contributed by atoms with van der Waals surface area (Å²) in [5.41, 5.74) is 5.52. The van der Waals surface area contributed by atoms with Crippen molar-refractivity contribution in [2.45, 2.75) is 6.04 Å². The zero-order valence-corrected chi connectivity index (χ0v) is 7.47. The molecule has 13 heavy (non-hydrogen) atoms. The van der Waals surface area contributed by atoms with Gasteiger partial charge >= 0.3 is 0 Å². The minimum Gasteiger partial charge on any atom is -0.368 e. The number of amidine groups is 2. The Hall–Kier alpha value is -1.72. The molecule has 0 aromatic rings. The molecule has 0 aliphatic carbocycles. The van der Waals surface area contributed by atoms with Crippen molar-refractivity contribution in [2.24, 2.45) is 25.7 Å². The van der Waals surface area contributed by atoms with Gasteiger partial charge < -0.3 is 10.6 Å². The van der Waals surface area contributed by atoms with E-state index in [0.717, 1.165) is 5.84 Å². The Bertz CT molecular complexity index is 348. The molecule has 0 saturated heterocycles. The smallest absolute Gasteiger partial charge is 0.223 e. The average molecular weight is 178 g/mol. The van der Waals surface area contributed by atoms with E-state index >= 15 is 0 Å². The highest BCUT2D eigenvalue weighted by molar-refractivity contribution is 6.22. The summed E-state index contributed by atoms with van der Waals surface area (Å²) in [5.74, 6) is 1.64. The number of hydrogen-bond acceptors (Lipinski definition) is 6. The fraction of sp³-hybridized carbons (Fsp3) is 0.429. The summed E-state index contributed by atoms with van der Waals surface area (Å²) < 4.78 is 0. The number of guanidine groups is 1. The highest BCUT2D eigenvalue weighted by Gasteiger charge is 2.29. The Morgan fingerprint density at radius 3 is 2.85 bits per heavy atom. The second-order valence-corrected chi connectivity index (χ2v) is 2.99. The van der Waals surface area contributed by atoms with Crippen LogP contribution in [0.2, 0.25) is 0 Å². The van der Waals surface area contributed by atoms with E-state index in [4.69, 9.17) is 5.73 Å². The molecule has 2 aliphatic rings. The van der Waals surface area contributed by atoms with Crippen molar-refractivity contribution in [1.82, 2.24) is 4.90 Å². The van der Waals surface area contributed by atoms with Crippen molar-refractivity contribution in [1.29, 1.82) is 0 Å². The molecule has 68 valence electrons. The van der Waals surface area contributed by atoms with Crippen LogP contribution >= 0.6 is 0 Å². The fourth-order valence-corrected chi connectivity index (χ4v) is 1.23. The van der Waals surface area contributed by atoms with E-state index < -0.39 is 0 Å². The Morgan fingerprint density at radius 2 is 2.15 bits per heavy atom. The number of hydrogen-bond donors (Lipinski definition) is 1. The maximum absolute atomic E-state index is 5.52. The molecule has 2 rings (SSSR count). The van der Waals surface area contributed by atoms with Gasteiger partial charge in [0.05, 0.1) is 0 Å². The molecular weight excluding hydrogens is 168 g/mol. The normalized spacial score (nSPS) is 24.8. The summed E-state index contributed by atoms with van der Waals surface area (Å²) >= 11 is 0. The third kappa shape index (κ3) is 1.20. The largest absolute Gasteiger partial charge is 0.368 e. The third-order valence-electron chi connectivity index (χ3n) is 1.81. The van der Waals surface area contributed by atoms with E-state index in [9.17, 15) is 0 Å². The Morgan fingerprint density at radius 1 is 1.38 bits per heavy atom. The van der Waals surface area contributed by atoms with Crippen LogP contribution in [0.5, 0.6) is 0 Å². The molecule has 0 saturated carbocycles. The van der Waals surface area contributed by atoms with Crippen LogP contribution in [0.4, 0.5) is 0 Å². The van der Waals surface area contributed by atoms with Crippen LogP contribution in [0.15, 0.2) is 20.0 Å². The van der Waals surface area contributed by atoms with Crippen molar-refractivity contribution < 1.29 is 0 Å². The summed E-state index contributed by atoms with van der Waals surface area (Å²) in [4.78, 5) is 18.1. The zero-order valence-electron chi connectivity index (χ0n) is 7.47. The first-order valence-electron chi connectivity index (χ1n) is 3.88. The van der Waals surface area contributed by atoms with Crippen LogP contribution < -0.4 is 5.73 Å². The molecule has 1 atom stereocenters. The molecule has 2 aliphatic heterocycles. The standard InChI is InChI=1S/C7H10N6/c1-13(2)6-4-5(10-3-9-4)11-7(8)12-6/h3-4H,1-2H3,(H2,8,9,10,11). The van der Waals surface area contributed by atoms with Crippen molar-refractivity contribution in [3.8, 4) is 0 Å². The van der Waals surface area contributed by atoms with Crippen LogP contribution in [0.1, 0.15) is 0 Å². The van der Waals surface area contributed by atoms with Gasteiger partial charge in [-0.25, -0.2) is 4.99 Å². The van der Waals surface area contributed by atoms with Crippen LogP contribution in [0.25, 0.3) is 0 Å². The number of rotatable bonds is 0. The molecule has 1 unspecified atom stereocenters. The highest BCUT2D eigenvalue weighted by atomic mass is 15.3. The fourth-order valence-electron chi connectivity index (χ4n) is 1.23. The number of likely N-dealkylation sites (N-methyl/N-ethyl adjacent to an activating group) is 1. The van der Waals surface area contributed by atoms with Crippen LogP contribution in [-0.4, -0.2) is 49.0 Å². The molecule has 2 heterocycles. The summed E-state index contributed by atoms with van der Waals surface area (Å²) in [6.45, 7) is 0. The zero-order chi connectivity index (χ0) is 9.42. The average Bonchev–Trinajstić information content (AvgIpc) is 2.49. The minimum atomic E-state index is -0.165. The summed E-state index contributed by atoms with van der Waals surface area (Å²) in [6.07, 6.45) is 1.49. The molecule has 0 radical (unpaired) electrons. The quantitative estimate of drug-likeness (QED) is 0.521. The molecular formula is C7H10N6. The van der Waals surface area contributed by atoms with Crippen molar-refractivity contribution in [2.75, 3.05) is 14.1 Å². The summed E-state index contributed by atoms with van der Waals surface area (Å²) in [7, 11) is 3.78. The van der Waals surface area contributed by atoms with Crippen molar-refractivity contribution >= 4 is 24.0 Å². The van der Waals surface area contributed by atoms with Gasteiger partial charge in [-0.1, -0.05) is 0 Å². The lowest BCUT2D eigenvalue weighted by Crippen LogP contribution is -2.41. The van der Waals surface area contributed by atoms with Crippen molar-refractivity contribution in [3.05, 3.63) is 0 Å². The van der Waals surface area contributed by atoms with E-state index in [1.165, 1.54) is 6.34 Å². The molecule has 6 heteroatoms. The predicted octanol–water partition coefficient (Wildman–Crippen LogP) is -0.916. The molecule has 0 aromatic carbocycles. The molecule has 0 spiro atoms. The van der Waals surface area contributed by atoms with Gasteiger partial charge in [0.2, 0.25) is 5.96 Å². The predicted molar refractivity (Wildman–Crippen MR) is 52.5 cm³/mol. The number of fused-ring (bicyclic) bond motifs is 1. The molecule has 0 aromatic heterocycles. The molecule has 0 fully saturated rings. The third-order valence-corrected chi connectivity index (χ3v) is 1.81. The van der Waals surface area contributed by atoms with Gasteiger partial charge in [0.15, 0.2) is 11.9 Å². The second kappa shape index (κ2) is 2.65. The lowest BCUT2D eigenvalue weighted by molar-refractivity contribution is 0.604. The molecule has 6 nitrogen and oxygen atoms in total. The van der Waals surface area contributed by atoms with E-state index in [0.29, 0.717) is 5.84 Å². The number of nitrogens with zero attached hydrogens (tertiary/aromatic N) is 5. The van der Waals surface area contributed by atoms with E-state index in [2.05, 4.69) is 20.0 Å². The van der Waals surface area contributed by atoms with E-state index in [-0.39, 0.29) is 12.0 Å². The van der Waals surface area contributed by atoms with Crippen LogP contribution in [-0.2, 0) is 0 Å². The molecule has 2 N–H and O–H groups in total. The first kappa shape index (κ1) is 7.90. The van der Waals surface area contributed by atoms with E-state index in [1.807, 2.05) is 19.0 Å². The first-order valence-corrected chi connectivity index (χ1v) is 3.88. The van der Waals surface area contributed by atoms with Crippen LogP contribution in [0, 0.1) is 0 Å². The number of aliphatic imine (C=N–C) groups is 4. The highest BCUT2D eigenvalue weighted by Crippen LogP contribution is 2.11. The van der Waals surface area contributed by atoms with Crippen molar-refractivity contribution in [3.63, 3.8) is 0 Å². The topological polar surface area (TPSA) is 78.7 Å². The summed E-state index contributed by atoms with van der Waals surface area (Å²) in [5, 5.41) is 0. The number of nitrogens with two attached hydrogens (primary N) is 1. The van der Waals surface area contributed by atoms with Crippen LogP contribution in [0.3, 0.4) is 0 Å². The van der Waals surface area contributed by atoms with Gasteiger partial charge in [0, 0.05) is 14.1 Å².